The average molecular weight is 291 g/mol. The molecule has 2 N–H and O–H groups in total. The summed E-state index contributed by atoms with van der Waals surface area (Å²) in [5, 5.41) is 8.58. The van der Waals surface area contributed by atoms with Gasteiger partial charge in [-0.3, -0.25) is 14.6 Å². The van der Waals surface area contributed by atoms with Crippen LogP contribution in [0.25, 0.3) is 11.4 Å². The van der Waals surface area contributed by atoms with Gasteiger partial charge < -0.3 is 9.67 Å². The summed E-state index contributed by atoms with van der Waals surface area (Å²) in [5.41, 5.74) is 0.198. The zero-order valence-electron chi connectivity index (χ0n) is 11.8. The second kappa shape index (κ2) is 6.34. The second-order valence-electron chi connectivity index (χ2n) is 5.02. The monoisotopic (exact) mass is 291 g/mol. The molecular weight excluding hydrogens is 274 g/mol. The van der Waals surface area contributed by atoms with Crippen LogP contribution < -0.4 is 11.2 Å². The number of unbranched alkanes of at least 4 members (excludes halogenated alkanes) is 2. The molecule has 0 saturated carbocycles. The topological polar surface area (TPSA) is 105 Å². The van der Waals surface area contributed by atoms with Crippen molar-refractivity contribution >= 4 is 5.97 Å². The van der Waals surface area contributed by atoms with E-state index in [1.165, 1.54) is 0 Å². The Morgan fingerprint density at radius 2 is 2.10 bits per heavy atom. The van der Waals surface area contributed by atoms with Gasteiger partial charge in [0.15, 0.2) is 5.82 Å². The Balaban J connectivity index is 2.17. The number of aryl methyl sites for hydroxylation is 2. The first-order valence-electron chi connectivity index (χ1n) is 6.80. The number of aromatic amines is 1. The molecule has 7 heteroatoms. The van der Waals surface area contributed by atoms with E-state index >= 15 is 0 Å². The fourth-order valence-electron chi connectivity index (χ4n) is 2.28. The Hall–Kier alpha value is -2.44. The van der Waals surface area contributed by atoms with Crippen molar-refractivity contribution in [1.29, 1.82) is 0 Å². The predicted octanol–water partition coefficient (Wildman–Crippen LogP) is 0.990. The zero-order valence-corrected chi connectivity index (χ0v) is 11.8. The van der Waals surface area contributed by atoms with Crippen LogP contribution in [0, 0.1) is 6.92 Å². The van der Waals surface area contributed by atoms with Gasteiger partial charge in [0.25, 0.3) is 5.56 Å². The van der Waals surface area contributed by atoms with Crippen molar-refractivity contribution in [1.82, 2.24) is 14.5 Å². The normalized spacial score (nSPS) is 10.9. The standard InChI is InChI=1S/C14H17N3O4/c1-9-7-10-12(15-14(21)16-13(10)20)17(8-9)6-4-2-3-5-11(18)19/h7-8H,2-6H2,1H3,(H,18,19)(H,16,20,21). The van der Waals surface area contributed by atoms with E-state index in [1.807, 2.05) is 13.1 Å². The first-order valence-corrected chi connectivity index (χ1v) is 6.80. The fraction of sp³-hybridized carbons (Fsp3) is 0.429. The van der Waals surface area contributed by atoms with Crippen LogP contribution in [0.3, 0.4) is 0 Å². The van der Waals surface area contributed by atoms with Gasteiger partial charge in [-0.25, -0.2) is 4.79 Å². The zero-order chi connectivity index (χ0) is 15.4. The van der Waals surface area contributed by atoms with Crippen LogP contribution in [0.5, 0.6) is 0 Å². The van der Waals surface area contributed by atoms with Gasteiger partial charge in [-0.1, -0.05) is 6.42 Å². The van der Waals surface area contributed by atoms with Gasteiger partial charge in [-0.2, -0.15) is 4.98 Å². The molecule has 112 valence electrons. The lowest BCUT2D eigenvalue weighted by Gasteiger charge is -2.14. The van der Waals surface area contributed by atoms with Crippen molar-refractivity contribution in [2.24, 2.45) is 0 Å². The number of H-pyrrole nitrogens is 1. The summed E-state index contributed by atoms with van der Waals surface area (Å²) in [6.45, 7) is 2.46. The molecule has 2 aliphatic heterocycles. The number of carbonyl (C=O) groups is 1. The van der Waals surface area contributed by atoms with Gasteiger partial charge >= 0.3 is 11.7 Å². The van der Waals surface area contributed by atoms with Gasteiger partial charge in [0.1, 0.15) is 0 Å². The van der Waals surface area contributed by atoms with Gasteiger partial charge in [-0.15, -0.1) is 0 Å². The third-order valence-corrected chi connectivity index (χ3v) is 3.21. The van der Waals surface area contributed by atoms with Crippen LogP contribution >= 0.6 is 0 Å². The molecule has 2 heterocycles. The van der Waals surface area contributed by atoms with Crippen molar-refractivity contribution < 1.29 is 9.90 Å². The lowest BCUT2D eigenvalue weighted by Crippen LogP contribution is -2.27. The Morgan fingerprint density at radius 1 is 1.33 bits per heavy atom. The first-order chi connectivity index (χ1) is 9.97. The van der Waals surface area contributed by atoms with E-state index in [-0.39, 0.29) is 6.42 Å². The highest BCUT2D eigenvalue weighted by Crippen LogP contribution is 2.16. The van der Waals surface area contributed by atoms with E-state index in [0.29, 0.717) is 24.4 Å². The fourth-order valence-corrected chi connectivity index (χ4v) is 2.28. The molecule has 0 radical (unpaired) electrons. The molecule has 0 aromatic heterocycles. The minimum Gasteiger partial charge on any atom is -0.481 e. The molecule has 0 atom stereocenters. The number of fused-ring (bicyclic) bond motifs is 1. The second-order valence-corrected chi connectivity index (χ2v) is 5.02. The molecule has 0 fully saturated rings. The molecule has 2 aliphatic rings. The molecular formula is C14H17N3O4. The van der Waals surface area contributed by atoms with Crippen LogP contribution in [0.1, 0.15) is 31.2 Å². The van der Waals surface area contributed by atoms with Gasteiger partial charge in [-0.05, 0) is 31.4 Å². The highest BCUT2D eigenvalue weighted by Gasteiger charge is 2.13. The van der Waals surface area contributed by atoms with Gasteiger partial charge in [0.05, 0.1) is 5.56 Å². The maximum atomic E-state index is 11.8. The summed E-state index contributed by atoms with van der Waals surface area (Å²) < 4.78 is 1.78. The molecule has 0 saturated heterocycles. The highest BCUT2D eigenvalue weighted by molar-refractivity contribution is 5.66. The van der Waals surface area contributed by atoms with E-state index in [4.69, 9.17) is 5.11 Å². The van der Waals surface area contributed by atoms with Crippen molar-refractivity contribution in [3.8, 4) is 11.4 Å². The molecule has 0 amide bonds. The average Bonchev–Trinajstić information content (AvgIpc) is 2.39. The molecule has 2 rings (SSSR count). The number of carboxylic acids is 1. The molecule has 7 nitrogen and oxygen atoms in total. The van der Waals surface area contributed by atoms with E-state index in [1.54, 1.807) is 10.6 Å². The largest absolute Gasteiger partial charge is 0.481 e. The SMILES string of the molecule is Cc1cc2c(=O)[nH]c(=O)nc-2n(CCCCCC(=O)O)c1. The van der Waals surface area contributed by atoms with Crippen LogP contribution in [0.4, 0.5) is 0 Å². The predicted molar refractivity (Wildman–Crippen MR) is 76.6 cm³/mol. The molecule has 0 bridgehead atoms. The molecule has 0 aromatic carbocycles. The lowest BCUT2D eigenvalue weighted by atomic mass is 10.1. The van der Waals surface area contributed by atoms with Gasteiger partial charge in [0, 0.05) is 19.2 Å². The summed E-state index contributed by atoms with van der Waals surface area (Å²) in [6.07, 6.45) is 4.13. The third kappa shape index (κ3) is 3.77. The Labute approximate surface area is 120 Å². The maximum absolute atomic E-state index is 11.8. The minimum absolute atomic E-state index is 0.155. The number of aromatic nitrogens is 3. The summed E-state index contributed by atoms with van der Waals surface area (Å²) in [5.74, 6) is -0.430. The third-order valence-electron chi connectivity index (χ3n) is 3.21. The lowest BCUT2D eigenvalue weighted by molar-refractivity contribution is -0.137. The Kier molecular flexibility index (Phi) is 4.52. The smallest absolute Gasteiger partial charge is 0.349 e. The first kappa shape index (κ1) is 15.0. The number of rotatable bonds is 6. The van der Waals surface area contributed by atoms with E-state index < -0.39 is 17.2 Å². The molecule has 0 aliphatic carbocycles. The molecule has 0 spiro atoms. The number of nitrogens with one attached hydrogen (secondary N) is 1. The quantitative estimate of drug-likeness (QED) is 0.772. The van der Waals surface area contributed by atoms with Crippen molar-refractivity contribution in [3.05, 3.63) is 38.7 Å². The molecule has 0 unspecified atom stereocenters. The summed E-state index contributed by atoms with van der Waals surface area (Å²) in [6, 6.07) is 1.70. The van der Waals surface area contributed by atoms with Crippen LogP contribution in [0.15, 0.2) is 21.9 Å². The molecule has 21 heavy (non-hydrogen) atoms. The maximum Gasteiger partial charge on any atom is 0.349 e. The number of hydrogen-bond acceptors (Lipinski definition) is 4. The minimum atomic E-state index is -0.798. The Morgan fingerprint density at radius 3 is 2.81 bits per heavy atom. The number of pyridine rings is 1. The van der Waals surface area contributed by atoms with Crippen molar-refractivity contribution in [3.63, 3.8) is 0 Å². The van der Waals surface area contributed by atoms with E-state index in [9.17, 15) is 14.4 Å². The summed E-state index contributed by atoms with van der Waals surface area (Å²) >= 11 is 0. The van der Waals surface area contributed by atoms with Gasteiger partial charge in [0.2, 0.25) is 0 Å². The number of hydrogen-bond donors (Lipinski definition) is 2. The number of carboxylic acid groups (broad SMARTS) is 1. The van der Waals surface area contributed by atoms with Crippen molar-refractivity contribution in [2.45, 2.75) is 39.2 Å². The number of aliphatic carboxylic acids is 1. The van der Waals surface area contributed by atoms with Crippen LogP contribution in [-0.4, -0.2) is 25.6 Å². The Bertz CT molecular complexity index is 732. The van der Waals surface area contributed by atoms with E-state index in [0.717, 1.165) is 18.4 Å². The van der Waals surface area contributed by atoms with Crippen LogP contribution in [-0.2, 0) is 11.3 Å². The highest BCUT2D eigenvalue weighted by atomic mass is 16.4. The number of nitrogens with zero attached hydrogens (tertiary/aromatic N) is 2. The van der Waals surface area contributed by atoms with Crippen LogP contribution in [0.2, 0.25) is 0 Å². The summed E-state index contributed by atoms with van der Waals surface area (Å²) in [7, 11) is 0. The molecule has 0 aromatic rings. The van der Waals surface area contributed by atoms with Crippen molar-refractivity contribution in [2.75, 3.05) is 0 Å². The summed E-state index contributed by atoms with van der Waals surface area (Å²) in [4.78, 5) is 39.6. The van der Waals surface area contributed by atoms with E-state index in [2.05, 4.69) is 9.97 Å².